The van der Waals surface area contributed by atoms with Crippen LogP contribution in [0.2, 0.25) is 0 Å². The predicted octanol–water partition coefficient (Wildman–Crippen LogP) is 4.12. The van der Waals surface area contributed by atoms with E-state index in [4.69, 9.17) is 4.74 Å². The van der Waals surface area contributed by atoms with Gasteiger partial charge in [-0.05, 0) is 59.3 Å². The van der Waals surface area contributed by atoms with Crippen LogP contribution < -0.4 is 0 Å². The molecule has 0 N–H and O–H groups in total. The van der Waals surface area contributed by atoms with Crippen LogP contribution in [0.15, 0.2) is 12.2 Å². The van der Waals surface area contributed by atoms with Crippen molar-refractivity contribution in [1.29, 1.82) is 0 Å². The minimum absolute atomic E-state index is 0.0813. The van der Waals surface area contributed by atoms with Crippen molar-refractivity contribution >= 4 is 12.0 Å². The van der Waals surface area contributed by atoms with Crippen molar-refractivity contribution in [3.8, 4) is 0 Å². The van der Waals surface area contributed by atoms with E-state index in [1.807, 2.05) is 25.7 Å². The number of rotatable bonds is 0. The third-order valence-corrected chi connectivity index (χ3v) is 4.73. The topological polar surface area (TPSA) is 49.9 Å². The number of carbonyl (C=O) groups excluding carboxylic acids is 2. The summed E-state index contributed by atoms with van der Waals surface area (Å²) < 4.78 is 5.53. The Labute approximate surface area is 152 Å². The smallest absolute Gasteiger partial charge is 0.411 e. The average Bonchev–Trinajstić information content (AvgIpc) is 2.52. The molecule has 142 valence electrons. The monoisotopic (exact) mass is 350 g/mol. The van der Waals surface area contributed by atoms with Crippen molar-refractivity contribution in [3.63, 3.8) is 0 Å². The number of hydrogen-bond donors (Lipinski definition) is 0. The number of carbonyl (C=O) groups is 2. The molecule has 2 bridgehead atoms. The molecule has 3 aliphatic heterocycles. The molecule has 5 nitrogen and oxygen atoms in total. The number of nitrogens with zero attached hydrogens (tertiary/aromatic N) is 2. The third-order valence-electron chi connectivity index (χ3n) is 4.73. The fourth-order valence-electron chi connectivity index (χ4n) is 3.30. The zero-order chi connectivity index (χ0) is 18.3. The van der Waals surface area contributed by atoms with Crippen molar-refractivity contribution in [2.75, 3.05) is 19.6 Å². The van der Waals surface area contributed by atoms with Crippen molar-refractivity contribution in [1.82, 2.24) is 9.80 Å². The van der Waals surface area contributed by atoms with E-state index in [-0.39, 0.29) is 18.0 Å². The Hall–Kier alpha value is -1.52. The van der Waals surface area contributed by atoms with Gasteiger partial charge < -0.3 is 9.64 Å². The highest BCUT2D eigenvalue weighted by atomic mass is 16.6. The van der Waals surface area contributed by atoms with Crippen LogP contribution in [0.4, 0.5) is 4.79 Å². The zero-order valence-electron chi connectivity index (χ0n) is 16.1. The maximum atomic E-state index is 12.6. The molecule has 0 aliphatic carbocycles. The van der Waals surface area contributed by atoms with Crippen molar-refractivity contribution in [2.24, 2.45) is 0 Å². The van der Waals surface area contributed by atoms with Gasteiger partial charge in [-0.2, -0.15) is 0 Å². The summed E-state index contributed by atoms with van der Waals surface area (Å²) in [6.07, 6.45) is 12.9. The van der Waals surface area contributed by atoms with E-state index >= 15 is 0 Å². The Morgan fingerprint density at radius 1 is 1.00 bits per heavy atom. The first-order valence-electron chi connectivity index (χ1n) is 9.82. The van der Waals surface area contributed by atoms with Gasteiger partial charge >= 0.3 is 6.09 Å². The predicted molar refractivity (Wildman–Crippen MR) is 99.4 cm³/mol. The highest BCUT2D eigenvalue weighted by molar-refractivity contribution is 5.91. The summed E-state index contributed by atoms with van der Waals surface area (Å²) in [6, 6.07) is -0.331. The maximum absolute atomic E-state index is 12.6. The van der Waals surface area contributed by atoms with E-state index in [9.17, 15) is 9.59 Å². The van der Waals surface area contributed by atoms with Gasteiger partial charge in [0.15, 0.2) is 0 Å². The summed E-state index contributed by atoms with van der Waals surface area (Å²) in [5, 5.41) is 0. The molecule has 3 aliphatic rings. The normalized spacial score (nSPS) is 25.2. The summed E-state index contributed by atoms with van der Waals surface area (Å²) in [7, 11) is 0. The van der Waals surface area contributed by atoms with Crippen molar-refractivity contribution in [3.05, 3.63) is 12.2 Å². The molecule has 3 heterocycles. The molecule has 0 unspecified atom stereocenters. The molecule has 0 aromatic heterocycles. The summed E-state index contributed by atoms with van der Waals surface area (Å²) in [6.45, 7) is 7.65. The molecule has 1 fully saturated rings. The summed E-state index contributed by atoms with van der Waals surface area (Å²) in [5.41, 5.74) is -0.538. The molecular weight excluding hydrogens is 316 g/mol. The number of amides is 2. The highest BCUT2D eigenvalue weighted by Gasteiger charge is 2.43. The average molecular weight is 351 g/mol. The maximum Gasteiger partial charge on any atom is 0.411 e. The van der Waals surface area contributed by atoms with Gasteiger partial charge in [-0.3, -0.25) is 9.69 Å². The molecule has 0 spiro atoms. The van der Waals surface area contributed by atoms with E-state index < -0.39 is 5.60 Å². The quantitative estimate of drug-likeness (QED) is 0.488. The Balaban J connectivity index is 1.98. The number of hydrogen-bond acceptors (Lipinski definition) is 3. The molecule has 0 saturated carbocycles. The van der Waals surface area contributed by atoms with E-state index in [1.54, 1.807) is 4.90 Å². The first-order valence-corrected chi connectivity index (χ1v) is 9.82. The lowest BCUT2D eigenvalue weighted by atomic mass is 10.0. The van der Waals surface area contributed by atoms with E-state index in [2.05, 4.69) is 12.2 Å². The van der Waals surface area contributed by atoms with E-state index in [0.29, 0.717) is 13.1 Å². The molecule has 5 heteroatoms. The fraction of sp³-hybridized carbons (Fsp3) is 0.800. The number of allylic oxidation sites excluding steroid dienone is 2. The molecular formula is C20H34N2O3. The van der Waals surface area contributed by atoms with E-state index in [1.165, 1.54) is 6.42 Å². The molecule has 0 aromatic carbocycles. The Morgan fingerprint density at radius 2 is 1.60 bits per heavy atom. The molecule has 3 rings (SSSR count). The summed E-state index contributed by atoms with van der Waals surface area (Å²) in [4.78, 5) is 28.6. The van der Waals surface area contributed by atoms with Crippen LogP contribution in [0.3, 0.4) is 0 Å². The van der Waals surface area contributed by atoms with Crippen LogP contribution >= 0.6 is 0 Å². The molecule has 0 radical (unpaired) electrons. The van der Waals surface area contributed by atoms with Crippen LogP contribution in [0, 0.1) is 0 Å². The SMILES string of the molecule is CC(C)(C)OC(=O)N1CCCCC/C=C/CCCCCN2C[C@H]1C2=O. The van der Waals surface area contributed by atoms with Gasteiger partial charge in [0.1, 0.15) is 11.6 Å². The van der Waals surface area contributed by atoms with Crippen LogP contribution in [0.5, 0.6) is 0 Å². The number of fused-ring (bicyclic) bond motifs is 11. The standard InChI is InChI=1S/C20H34N2O3/c1-20(2,3)25-19(24)22-15-13-11-9-7-5-4-6-8-10-12-14-21-16-17(22)18(21)23/h4-5,17H,6-16H2,1-3H3/b5-4+/t17-/m0/s1. The van der Waals surface area contributed by atoms with Crippen LogP contribution in [-0.2, 0) is 9.53 Å². The van der Waals surface area contributed by atoms with Crippen molar-refractivity contribution in [2.45, 2.75) is 83.8 Å². The Morgan fingerprint density at radius 3 is 2.16 bits per heavy atom. The summed E-state index contributed by atoms with van der Waals surface area (Å²) in [5.74, 6) is 0.0813. The first kappa shape index (κ1) is 19.8. The molecule has 0 aromatic rings. The first-order chi connectivity index (χ1) is 11.9. The molecule has 2 amide bonds. The van der Waals surface area contributed by atoms with Crippen LogP contribution in [0.25, 0.3) is 0 Å². The van der Waals surface area contributed by atoms with Gasteiger partial charge in [0.2, 0.25) is 5.91 Å². The largest absolute Gasteiger partial charge is 0.444 e. The lowest BCUT2D eigenvalue weighted by Crippen LogP contribution is -2.65. The Bertz CT molecular complexity index is 482. The second kappa shape index (κ2) is 9.25. The van der Waals surface area contributed by atoms with Gasteiger partial charge in [-0.25, -0.2) is 4.79 Å². The third kappa shape index (κ3) is 6.37. The van der Waals surface area contributed by atoms with Gasteiger partial charge in [-0.15, -0.1) is 0 Å². The minimum atomic E-state index is -0.538. The minimum Gasteiger partial charge on any atom is -0.444 e. The number of β-lactam (4-membered cyclic amide) rings is 1. The van der Waals surface area contributed by atoms with Gasteiger partial charge in [0, 0.05) is 13.1 Å². The summed E-state index contributed by atoms with van der Waals surface area (Å²) >= 11 is 0. The highest BCUT2D eigenvalue weighted by Crippen LogP contribution is 2.22. The van der Waals surface area contributed by atoms with Crippen molar-refractivity contribution < 1.29 is 14.3 Å². The molecule has 25 heavy (non-hydrogen) atoms. The second-order valence-electron chi connectivity index (χ2n) is 8.14. The number of ether oxygens (including phenoxy) is 1. The lowest BCUT2D eigenvalue weighted by Gasteiger charge is -2.44. The zero-order valence-corrected chi connectivity index (χ0v) is 16.1. The van der Waals surface area contributed by atoms with Gasteiger partial charge in [0.05, 0.1) is 6.54 Å². The van der Waals surface area contributed by atoms with Crippen LogP contribution in [-0.4, -0.2) is 53.1 Å². The van der Waals surface area contributed by atoms with E-state index in [0.717, 1.165) is 51.5 Å². The van der Waals surface area contributed by atoms with Crippen LogP contribution in [0.1, 0.15) is 72.1 Å². The second-order valence-corrected chi connectivity index (χ2v) is 8.14. The fourth-order valence-corrected chi connectivity index (χ4v) is 3.30. The lowest BCUT2D eigenvalue weighted by molar-refractivity contribution is -0.150. The molecule has 1 saturated heterocycles. The Kier molecular flexibility index (Phi) is 7.33. The van der Waals surface area contributed by atoms with Gasteiger partial charge in [0.25, 0.3) is 0 Å². The van der Waals surface area contributed by atoms with Gasteiger partial charge in [-0.1, -0.05) is 25.0 Å². The molecule has 1 atom stereocenters.